The number of hydrogen-bond acceptors (Lipinski definition) is 4. The number of aromatic hydroxyl groups is 2. The van der Waals surface area contributed by atoms with E-state index in [0.29, 0.717) is 21.5 Å². The highest BCUT2D eigenvalue weighted by Gasteiger charge is 2.19. The summed E-state index contributed by atoms with van der Waals surface area (Å²) in [6, 6.07) is 7.15. The quantitative estimate of drug-likeness (QED) is 0.719. The van der Waals surface area contributed by atoms with E-state index >= 15 is 0 Å². The van der Waals surface area contributed by atoms with E-state index in [2.05, 4.69) is 9.98 Å². The van der Waals surface area contributed by atoms with Crippen LogP contribution in [0.2, 0.25) is 0 Å². The number of hydrogen-bond donors (Lipinski definition) is 2. The number of allylic oxidation sites excluding steroid dienone is 1. The summed E-state index contributed by atoms with van der Waals surface area (Å²) in [6.07, 6.45) is 1.91. The van der Waals surface area contributed by atoms with Crippen LogP contribution in [0.5, 0.6) is 11.5 Å². The zero-order valence-electron chi connectivity index (χ0n) is 11.7. The summed E-state index contributed by atoms with van der Waals surface area (Å²) in [5, 5.41) is 22.8. The molecule has 0 aromatic heterocycles. The maximum atomic E-state index is 10.5. The number of benzene rings is 2. The molecule has 0 radical (unpaired) electrons. The molecule has 1 heterocycles. The van der Waals surface area contributed by atoms with Crippen molar-refractivity contribution >= 4 is 10.8 Å². The molecule has 0 saturated heterocycles. The second-order valence-corrected chi connectivity index (χ2v) is 5.60. The lowest BCUT2D eigenvalue weighted by molar-refractivity contribution is 0.454. The van der Waals surface area contributed by atoms with Gasteiger partial charge < -0.3 is 10.2 Å². The Morgan fingerprint density at radius 3 is 2.10 bits per heavy atom. The summed E-state index contributed by atoms with van der Waals surface area (Å²) in [5.74, 6) is 0.121. The fraction of sp³-hybridized carbons (Fsp3) is 0.250. The molecule has 0 amide bonds. The highest BCUT2D eigenvalue weighted by molar-refractivity contribution is 5.92. The number of nitrogens with zero attached hydrogens (tertiary/aromatic N) is 2. The monoisotopic (exact) mass is 268 g/mol. The van der Waals surface area contributed by atoms with Crippen LogP contribution in [0.15, 0.2) is 46.0 Å². The summed E-state index contributed by atoms with van der Waals surface area (Å²) in [4.78, 5) is 8.96. The van der Waals surface area contributed by atoms with Gasteiger partial charge in [0.25, 0.3) is 0 Å². The molecule has 4 nitrogen and oxygen atoms in total. The third-order valence-electron chi connectivity index (χ3n) is 3.36. The lowest BCUT2D eigenvalue weighted by Gasteiger charge is -2.13. The number of phenols is 2. The van der Waals surface area contributed by atoms with Gasteiger partial charge in [0.15, 0.2) is 11.5 Å². The molecule has 102 valence electrons. The molecule has 4 heteroatoms. The minimum absolute atomic E-state index is 0.0580. The molecule has 0 unspecified atom stereocenters. The zero-order valence-corrected chi connectivity index (χ0v) is 11.7. The van der Waals surface area contributed by atoms with Crippen LogP contribution in [-0.2, 0) is 0 Å². The van der Waals surface area contributed by atoms with Crippen LogP contribution in [0.3, 0.4) is 0 Å². The van der Waals surface area contributed by atoms with Crippen molar-refractivity contribution in [1.29, 1.82) is 0 Å². The fourth-order valence-corrected chi connectivity index (χ4v) is 2.63. The van der Waals surface area contributed by atoms with Gasteiger partial charge in [-0.05, 0) is 26.8 Å². The largest absolute Gasteiger partial charge is 0.505 e. The van der Waals surface area contributed by atoms with Crippen LogP contribution in [-0.4, -0.2) is 15.8 Å². The molecule has 2 aromatic rings. The summed E-state index contributed by atoms with van der Waals surface area (Å²) in [7, 11) is 0. The fourth-order valence-electron chi connectivity index (χ4n) is 2.63. The summed E-state index contributed by atoms with van der Waals surface area (Å²) in [5.41, 5.74) is 0.285. The van der Waals surface area contributed by atoms with Gasteiger partial charge in [-0.3, -0.25) is 4.99 Å². The molecule has 0 spiro atoms. The van der Waals surface area contributed by atoms with Crippen LogP contribution in [0.4, 0.5) is 0 Å². The zero-order chi connectivity index (χ0) is 14.5. The molecule has 3 rings (SSSR count). The number of phenolic OH excluding ortho intramolecular Hbond substituents is 2. The Hall–Kier alpha value is -2.36. The molecule has 2 aromatic carbocycles. The van der Waals surface area contributed by atoms with E-state index in [-0.39, 0.29) is 11.5 Å². The van der Waals surface area contributed by atoms with Crippen molar-refractivity contribution in [2.45, 2.75) is 26.3 Å². The molecule has 1 aliphatic heterocycles. The molecule has 0 fully saturated rings. The van der Waals surface area contributed by atoms with Crippen molar-refractivity contribution in [2.75, 3.05) is 0 Å². The first-order valence-electron chi connectivity index (χ1n) is 6.50. The molecular weight excluding hydrogens is 252 g/mol. The third-order valence-corrected chi connectivity index (χ3v) is 3.36. The van der Waals surface area contributed by atoms with Gasteiger partial charge in [0.2, 0.25) is 0 Å². The van der Waals surface area contributed by atoms with Crippen LogP contribution in [0.1, 0.15) is 20.8 Å². The van der Waals surface area contributed by atoms with Crippen molar-refractivity contribution in [1.82, 2.24) is 0 Å². The minimum Gasteiger partial charge on any atom is -0.505 e. The average molecular weight is 268 g/mol. The number of rotatable bonds is 0. The molecule has 0 aliphatic carbocycles. The van der Waals surface area contributed by atoms with Crippen molar-refractivity contribution < 1.29 is 10.2 Å². The predicted octanol–water partition coefficient (Wildman–Crippen LogP) is 2.19. The molecular formula is C16H16N2O2. The molecule has 0 saturated carbocycles. The van der Waals surface area contributed by atoms with Gasteiger partial charge in [-0.1, -0.05) is 24.3 Å². The number of fused-ring (bicyclic) bond motifs is 2. The summed E-state index contributed by atoms with van der Waals surface area (Å²) < 4.78 is 0. The first-order chi connectivity index (χ1) is 9.39. The Kier molecular flexibility index (Phi) is 2.57. The SMILES string of the molecule is CC1=CC(C)(C)N=c2c(O)c3ccccc3c(O)c2=N1. The smallest absolute Gasteiger partial charge is 0.151 e. The maximum Gasteiger partial charge on any atom is 0.151 e. The Morgan fingerprint density at radius 1 is 0.950 bits per heavy atom. The molecule has 0 atom stereocenters. The van der Waals surface area contributed by atoms with Gasteiger partial charge in [0.05, 0.1) is 5.54 Å². The van der Waals surface area contributed by atoms with E-state index in [1.807, 2.05) is 39.0 Å². The molecule has 0 bridgehead atoms. The predicted molar refractivity (Wildman–Crippen MR) is 77.4 cm³/mol. The van der Waals surface area contributed by atoms with Crippen molar-refractivity contribution in [3.63, 3.8) is 0 Å². The van der Waals surface area contributed by atoms with Gasteiger partial charge in [0.1, 0.15) is 10.7 Å². The average Bonchev–Trinajstić information content (AvgIpc) is 2.51. The van der Waals surface area contributed by atoms with Crippen molar-refractivity contribution in [3.05, 3.63) is 46.8 Å². The lowest BCUT2D eigenvalue weighted by atomic mass is 10.0. The van der Waals surface area contributed by atoms with Gasteiger partial charge in [-0.15, -0.1) is 0 Å². The van der Waals surface area contributed by atoms with E-state index in [1.165, 1.54) is 0 Å². The topological polar surface area (TPSA) is 65.2 Å². The summed E-state index contributed by atoms with van der Waals surface area (Å²) >= 11 is 0. The lowest BCUT2D eigenvalue weighted by Crippen LogP contribution is -2.29. The van der Waals surface area contributed by atoms with E-state index in [9.17, 15) is 10.2 Å². The van der Waals surface area contributed by atoms with Crippen LogP contribution in [0, 0.1) is 0 Å². The summed E-state index contributed by atoms with van der Waals surface area (Å²) in [6.45, 7) is 5.73. The minimum atomic E-state index is -0.481. The van der Waals surface area contributed by atoms with Gasteiger partial charge in [-0.25, -0.2) is 4.99 Å². The molecule has 2 N–H and O–H groups in total. The van der Waals surface area contributed by atoms with Crippen molar-refractivity contribution in [2.24, 2.45) is 9.98 Å². The van der Waals surface area contributed by atoms with E-state index in [4.69, 9.17) is 0 Å². The van der Waals surface area contributed by atoms with Crippen LogP contribution in [0.25, 0.3) is 10.8 Å². The molecule has 20 heavy (non-hydrogen) atoms. The first-order valence-corrected chi connectivity index (χ1v) is 6.50. The Labute approximate surface area is 116 Å². The van der Waals surface area contributed by atoms with Gasteiger partial charge in [0, 0.05) is 16.5 Å². The van der Waals surface area contributed by atoms with Crippen molar-refractivity contribution in [3.8, 4) is 11.5 Å². The standard InChI is InChI=1S/C16H16N2O2/c1-9-8-16(2,3)18-13-12(17-9)14(19)10-6-4-5-7-11(10)15(13)20/h4-8,19-20H,1-3H3. The normalized spacial score (nSPS) is 16.6. The Bertz CT molecular complexity index is 864. The van der Waals surface area contributed by atoms with Gasteiger partial charge >= 0.3 is 0 Å². The second kappa shape index (κ2) is 4.07. The first kappa shape index (κ1) is 12.7. The third kappa shape index (κ3) is 1.84. The Morgan fingerprint density at radius 2 is 1.50 bits per heavy atom. The van der Waals surface area contributed by atoms with E-state index in [1.54, 1.807) is 12.1 Å². The van der Waals surface area contributed by atoms with E-state index in [0.717, 1.165) is 5.70 Å². The van der Waals surface area contributed by atoms with E-state index < -0.39 is 5.54 Å². The van der Waals surface area contributed by atoms with Crippen LogP contribution >= 0.6 is 0 Å². The Balaban J connectivity index is 2.61. The maximum absolute atomic E-state index is 10.5. The highest BCUT2D eigenvalue weighted by atomic mass is 16.3. The van der Waals surface area contributed by atoms with Crippen LogP contribution < -0.4 is 10.7 Å². The second-order valence-electron chi connectivity index (χ2n) is 5.60. The highest BCUT2D eigenvalue weighted by Crippen LogP contribution is 2.27. The molecule has 1 aliphatic rings. The van der Waals surface area contributed by atoms with Gasteiger partial charge in [-0.2, -0.15) is 0 Å².